The van der Waals surface area contributed by atoms with Crippen molar-refractivity contribution in [1.82, 2.24) is 9.88 Å². The maximum absolute atomic E-state index is 13.0. The van der Waals surface area contributed by atoms with Crippen LogP contribution in [0.2, 0.25) is 5.02 Å². The summed E-state index contributed by atoms with van der Waals surface area (Å²) in [6.45, 7) is 0.767. The van der Waals surface area contributed by atoms with Crippen molar-refractivity contribution in [2.45, 2.75) is 38.1 Å². The fourth-order valence-electron chi connectivity index (χ4n) is 4.04. The van der Waals surface area contributed by atoms with Crippen LogP contribution in [0, 0.1) is 0 Å². The predicted octanol–water partition coefficient (Wildman–Crippen LogP) is 5.33. The molecule has 1 fully saturated rings. The highest BCUT2D eigenvalue weighted by atomic mass is 35.5. The summed E-state index contributed by atoms with van der Waals surface area (Å²) >= 11 is 6.27. The summed E-state index contributed by atoms with van der Waals surface area (Å²) in [5, 5.41) is 10.2. The first-order valence-electron chi connectivity index (χ1n) is 10.4. The van der Waals surface area contributed by atoms with Crippen LogP contribution in [0.15, 0.2) is 66.9 Å². The molecule has 0 spiro atoms. The molecular weight excluding hydrogens is 396 g/mol. The first kappa shape index (κ1) is 20.4. The lowest BCUT2D eigenvalue weighted by atomic mass is 9.95. The minimum absolute atomic E-state index is 0.0604. The first-order chi connectivity index (χ1) is 14.6. The van der Waals surface area contributed by atoms with Crippen LogP contribution >= 0.6 is 11.6 Å². The van der Waals surface area contributed by atoms with Crippen LogP contribution in [0.3, 0.4) is 0 Å². The summed E-state index contributed by atoms with van der Waals surface area (Å²) in [5.74, 6) is 0.329. The monoisotopic (exact) mass is 420 g/mol. The normalized spacial score (nSPS) is 16.4. The molecule has 0 bridgehead atoms. The number of piperidine rings is 1. The fraction of sp³-hybridized carbons (Fsp3) is 0.280. The molecule has 1 N–H and O–H groups in total. The van der Waals surface area contributed by atoms with E-state index < -0.39 is 0 Å². The van der Waals surface area contributed by atoms with Gasteiger partial charge in [0.15, 0.2) is 0 Å². The van der Waals surface area contributed by atoms with E-state index in [4.69, 9.17) is 11.6 Å². The highest BCUT2D eigenvalue weighted by Crippen LogP contribution is 2.31. The molecule has 30 heavy (non-hydrogen) atoms. The lowest BCUT2D eigenvalue weighted by molar-refractivity contribution is -0.134. The summed E-state index contributed by atoms with van der Waals surface area (Å²) in [5.41, 5.74) is 4.01. The summed E-state index contributed by atoms with van der Waals surface area (Å²) in [6.07, 6.45) is 6.02. The van der Waals surface area contributed by atoms with E-state index in [1.807, 2.05) is 41.4 Å². The van der Waals surface area contributed by atoms with Crippen molar-refractivity contribution in [3.63, 3.8) is 0 Å². The molecule has 1 saturated heterocycles. The second-order valence-corrected chi connectivity index (χ2v) is 8.20. The zero-order valence-electron chi connectivity index (χ0n) is 16.8. The molecular formula is C25H25ClN2O2. The summed E-state index contributed by atoms with van der Waals surface area (Å²) in [6, 6.07) is 18.9. The molecule has 0 radical (unpaired) electrons. The van der Waals surface area contributed by atoms with Crippen molar-refractivity contribution in [3.05, 3.63) is 94.3 Å². The third kappa shape index (κ3) is 4.82. The van der Waals surface area contributed by atoms with E-state index in [9.17, 15) is 9.90 Å². The van der Waals surface area contributed by atoms with Crippen molar-refractivity contribution < 1.29 is 9.90 Å². The number of hydrogen-bond donors (Lipinski definition) is 1. The molecule has 0 saturated carbocycles. The van der Waals surface area contributed by atoms with Crippen LogP contribution in [0.1, 0.15) is 47.7 Å². The molecule has 4 nitrogen and oxygen atoms in total. The SMILES string of the molecule is O=C(Cc1ccc(O)cc1)N1CCCCC1c1ccc(Cc2ccccc2Cl)nc1. The summed E-state index contributed by atoms with van der Waals surface area (Å²) < 4.78 is 0. The number of aromatic nitrogens is 1. The average Bonchev–Trinajstić information content (AvgIpc) is 2.77. The van der Waals surface area contributed by atoms with Gasteiger partial charge in [-0.25, -0.2) is 0 Å². The second-order valence-electron chi connectivity index (χ2n) is 7.79. The molecule has 2 heterocycles. The second kappa shape index (κ2) is 9.31. The van der Waals surface area contributed by atoms with Gasteiger partial charge in [-0.3, -0.25) is 9.78 Å². The Bertz CT molecular complexity index is 1000. The number of phenols is 1. The van der Waals surface area contributed by atoms with Crippen molar-refractivity contribution in [1.29, 1.82) is 0 Å². The highest BCUT2D eigenvalue weighted by molar-refractivity contribution is 6.31. The van der Waals surface area contributed by atoms with E-state index in [1.54, 1.807) is 24.3 Å². The standard InChI is InChI=1S/C25H25ClN2O2/c26-23-6-2-1-5-19(23)16-21-11-10-20(17-27-21)24-7-3-4-14-28(24)25(30)15-18-8-12-22(29)13-9-18/h1-2,5-6,8-13,17,24,29H,3-4,7,14-16H2. The van der Waals surface area contributed by atoms with Crippen LogP contribution in [0.5, 0.6) is 5.75 Å². The molecule has 1 aliphatic heterocycles. The Hall–Kier alpha value is -2.85. The summed E-state index contributed by atoms with van der Waals surface area (Å²) in [7, 11) is 0. The molecule has 5 heteroatoms. The minimum Gasteiger partial charge on any atom is -0.508 e. The first-order valence-corrected chi connectivity index (χ1v) is 10.7. The maximum Gasteiger partial charge on any atom is 0.227 e. The predicted molar refractivity (Wildman–Crippen MR) is 119 cm³/mol. The lowest BCUT2D eigenvalue weighted by Gasteiger charge is -2.36. The van der Waals surface area contributed by atoms with Gasteiger partial charge in [0.2, 0.25) is 5.91 Å². The number of carbonyl (C=O) groups is 1. The van der Waals surface area contributed by atoms with Gasteiger partial charge in [0.25, 0.3) is 0 Å². The molecule has 1 atom stereocenters. The van der Waals surface area contributed by atoms with Crippen molar-refractivity contribution in [2.75, 3.05) is 6.54 Å². The number of nitrogens with zero attached hydrogens (tertiary/aromatic N) is 2. The number of benzene rings is 2. The molecule has 2 aromatic carbocycles. The van der Waals surface area contributed by atoms with Gasteiger partial charge in [-0.15, -0.1) is 0 Å². The number of phenolic OH excluding ortho intramolecular Hbond substituents is 1. The number of likely N-dealkylation sites (tertiary alicyclic amines) is 1. The molecule has 1 aliphatic rings. The summed E-state index contributed by atoms with van der Waals surface area (Å²) in [4.78, 5) is 19.7. The minimum atomic E-state index is 0.0604. The van der Waals surface area contributed by atoms with E-state index >= 15 is 0 Å². The van der Waals surface area contributed by atoms with E-state index in [1.165, 1.54) is 0 Å². The number of hydrogen-bond acceptors (Lipinski definition) is 3. The Balaban J connectivity index is 1.47. The van der Waals surface area contributed by atoms with Crippen LogP contribution in [-0.4, -0.2) is 27.4 Å². The van der Waals surface area contributed by atoms with Crippen molar-refractivity contribution in [2.24, 2.45) is 0 Å². The number of amides is 1. The van der Waals surface area contributed by atoms with Gasteiger partial charge in [0.1, 0.15) is 5.75 Å². The maximum atomic E-state index is 13.0. The van der Waals surface area contributed by atoms with Gasteiger partial charge in [0.05, 0.1) is 12.5 Å². The quantitative estimate of drug-likeness (QED) is 0.607. The average molecular weight is 421 g/mol. The number of carbonyl (C=O) groups excluding carboxylic acids is 1. The van der Waals surface area contributed by atoms with E-state index in [-0.39, 0.29) is 17.7 Å². The number of rotatable bonds is 5. The van der Waals surface area contributed by atoms with E-state index in [2.05, 4.69) is 11.1 Å². The molecule has 1 unspecified atom stereocenters. The zero-order chi connectivity index (χ0) is 20.9. The third-order valence-corrected chi connectivity index (χ3v) is 6.05. The topological polar surface area (TPSA) is 53.4 Å². The molecule has 0 aliphatic carbocycles. The number of pyridine rings is 1. The highest BCUT2D eigenvalue weighted by Gasteiger charge is 2.28. The van der Waals surface area contributed by atoms with Gasteiger partial charge >= 0.3 is 0 Å². The van der Waals surface area contributed by atoms with Gasteiger partial charge in [-0.1, -0.05) is 48.0 Å². The number of aromatic hydroxyl groups is 1. The van der Waals surface area contributed by atoms with Gasteiger partial charge in [0, 0.05) is 29.9 Å². The van der Waals surface area contributed by atoms with Crippen LogP contribution in [-0.2, 0) is 17.6 Å². The Morgan fingerprint density at radius 3 is 2.60 bits per heavy atom. The third-order valence-electron chi connectivity index (χ3n) is 5.68. The number of halogens is 1. The Kier molecular flexibility index (Phi) is 6.34. The van der Waals surface area contributed by atoms with Gasteiger partial charge < -0.3 is 10.0 Å². The van der Waals surface area contributed by atoms with Gasteiger partial charge in [-0.05, 0) is 60.2 Å². The lowest BCUT2D eigenvalue weighted by Crippen LogP contribution is -2.39. The molecule has 1 amide bonds. The van der Waals surface area contributed by atoms with Crippen molar-refractivity contribution in [3.8, 4) is 5.75 Å². The van der Waals surface area contributed by atoms with Crippen molar-refractivity contribution >= 4 is 17.5 Å². The van der Waals surface area contributed by atoms with Crippen LogP contribution in [0.25, 0.3) is 0 Å². The van der Waals surface area contributed by atoms with Crippen LogP contribution in [0.4, 0.5) is 0 Å². The van der Waals surface area contributed by atoms with Gasteiger partial charge in [-0.2, -0.15) is 0 Å². The largest absolute Gasteiger partial charge is 0.508 e. The molecule has 3 aromatic rings. The van der Waals surface area contributed by atoms with E-state index in [0.29, 0.717) is 12.8 Å². The fourth-order valence-corrected chi connectivity index (χ4v) is 4.24. The zero-order valence-corrected chi connectivity index (χ0v) is 17.6. The Morgan fingerprint density at radius 2 is 1.87 bits per heavy atom. The molecule has 4 rings (SSSR count). The van der Waals surface area contributed by atoms with Crippen LogP contribution < -0.4 is 0 Å². The Labute approximate surface area is 182 Å². The Morgan fingerprint density at radius 1 is 1.07 bits per heavy atom. The molecule has 1 aromatic heterocycles. The molecule has 154 valence electrons. The smallest absolute Gasteiger partial charge is 0.227 e. The van der Waals surface area contributed by atoms with E-state index in [0.717, 1.165) is 53.2 Å².